The van der Waals surface area contributed by atoms with Crippen molar-refractivity contribution in [1.82, 2.24) is 9.99 Å². The zero-order chi connectivity index (χ0) is 19.5. The number of hydrogen-bond acceptors (Lipinski definition) is 5. The zero-order valence-corrected chi connectivity index (χ0v) is 15.4. The molecule has 7 nitrogen and oxygen atoms in total. The molecule has 1 aliphatic rings. The molecule has 28 heavy (non-hydrogen) atoms. The highest BCUT2D eigenvalue weighted by atomic mass is 19.1. The van der Waals surface area contributed by atoms with E-state index in [0.29, 0.717) is 37.6 Å². The molecule has 1 aliphatic heterocycles. The molecule has 1 saturated heterocycles. The van der Waals surface area contributed by atoms with Crippen LogP contribution in [0.2, 0.25) is 0 Å². The number of rotatable bonds is 4. The number of hydrogen-bond donors (Lipinski definition) is 1. The van der Waals surface area contributed by atoms with E-state index in [-0.39, 0.29) is 11.5 Å². The Kier molecular flexibility index (Phi) is 4.92. The van der Waals surface area contributed by atoms with Crippen LogP contribution in [0.3, 0.4) is 0 Å². The number of H-pyrrole nitrogens is 1. The summed E-state index contributed by atoms with van der Waals surface area (Å²) in [5.41, 5.74) is 2.13. The molecular formula is C20H20FN5O2. The molecule has 4 rings (SSSR count). The van der Waals surface area contributed by atoms with Crippen LogP contribution in [-0.2, 0) is 4.74 Å². The number of halogens is 1. The summed E-state index contributed by atoms with van der Waals surface area (Å²) < 4.78 is 18.8. The Morgan fingerprint density at radius 1 is 1.07 bits per heavy atom. The molecule has 0 aliphatic carbocycles. The van der Waals surface area contributed by atoms with Crippen LogP contribution in [0, 0.1) is 5.82 Å². The normalized spacial score (nSPS) is 14.8. The predicted molar refractivity (Wildman–Crippen MR) is 104 cm³/mol. The third-order valence-corrected chi connectivity index (χ3v) is 4.79. The van der Waals surface area contributed by atoms with Gasteiger partial charge < -0.3 is 14.6 Å². The van der Waals surface area contributed by atoms with E-state index in [2.05, 4.69) is 15.3 Å². The van der Waals surface area contributed by atoms with Crippen LogP contribution in [0.15, 0.2) is 58.9 Å². The molecule has 1 N–H and O–H groups in total. The molecule has 0 radical (unpaired) electrons. The van der Waals surface area contributed by atoms with Crippen molar-refractivity contribution in [3.05, 3.63) is 60.0 Å². The largest absolute Gasteiger partial charge is 0.464 e. The van der Waals surface area contributed by atoms with Gasteiger partial charge in [-0.1, -0.05) is 35.6 Å². The van der Waals surface area contributed by atoms with E-state index in [9.17, 15) is 9.18 Å². The summed E-state index contributed by atoms with van der Waals surface area (Å²) in [5, 5.41) is 11.3. The van der Waals surface area contributed by atoms with Crippen molar-refractivity contribution in [3.8, 4) is 0 Å². The highest BCUT2D eigenvalue weighted by Crippen LogP contribution is 2.31. The molecule has 0 unspecified atom stereocenters. The second kappa shape index (κ2) is 7.67. The number of fused-ring (bicyclic) bond motifs is 1. The molecule has 2 heterocycles. The Bertz CT molecular complexity index is 1020. The lowest BCUT2D eigenvalue weighted by molar-refractivity contribution is 0.0596. The van der Waals surface area contributed by atoms with E-state index in [1.54, 1.807) is 12.1 Å². The predicted octanol–water partition coefficient (Wildman–Crippen LogP) is 3.91. The van der Waals surface area contributed by atoms with E-state index in [4.69, 9.17) is 4.74 Å². The molecule has 1 fully saturated rings. The van der Waals surface area contributed by atoms with E-state index < -0.39 is 5.97 Å². The van der Waals surface area contributed by atoms with Gasteiger partial charge >= 0.3 is 5.97 Å². The van der Waals surface area contributed by atoms with Crippen molar-refractivity contribution in [2.24, 2.45) is 10.3 Å². The number of nitrogens with zero attached hydrogens (tertiary/aromatic N) is 4. The minimum absolute atomic E-state index is 0.223. The Balaban J connectivity index is 1.51. The molecule has 0 bridgehead atoms. The van der Waals surface area contributed by atoms with Crippen molar-refractivity contribution in [3.63, 3.8) is 0 Å². The minimum atomic E-state index is -0.491. The number of ether oxygens (including phenoxy) is 1. The average molecular weight is 381 g/mol. The molecule has 8 heteroatoms. The minimum Gasteiger partial charge on any atom is -0.464 e. The molecule has 2 aromatic carbocycles. The Hall–Kier alpha value is -3.42. The van der Waals surface area contributed by atoms with Gasteiger partial charge in [-0.15, -0.1) is 5.11 Å². The van der Waals surface area contributed by atoms with Crippen LogP contribution >= 0.6 is 0 Å². The van der Waals surface area contributed by atoms with Crippen molar-refractivity contribution in [1.29, 1.82) is 0 Å². The number of para-hydroxylation sites is 2. The van der Waals surface area contributed by atoms with Crippen LogP contribution < -0.4 is 4.90 Å². The van der Waals surface area contributed by atoms with E-state index in [0.717, 1.165) is 10.9 Å². The van der Waals surface area contributed by atoms with Gasteiger partial charge in [-0.05, 0) is 18.2 Å². The van der Waals surface area contributed by atoms with Crippen molar-refractivity contribution >= 4 is 28.2 Å². The summed E-state index contributed by atoms with van der Waals surface area (Å²) in [6, 6.07) is 14.3. The van der Waals surface area contributed by atoms with Crippen LogP contribution in [0.5, 0.6) is 0 Å². The number of piperazine rings is 1. The lowest BCUT2D eigenvalue weighted by atomic mass is 10.2. The standard InChI is InChI=1S/C20H20FN5O2/c1-28-20(27)19-18(14-6-2-4-8-16(14)22-19)23-24-26-12-10-25(11-13-26)17-9-5-3-7-15(17)21/h2-9,22H,10-13H2,1H3. The topological polar surface area (TPSA) is 73.3 Å². The van der Waals surface area contributed by atoms with Gasteiger partial charge in [0.15, 0.2) is 5.69 Å². The Morgan fingerprint density at radius 3 is 2.54 bits per heavy atom. The van der Waals surface area contributed by atoms with E-state index >= 15 is 0 Å². The maximum atomic E-state index is 14.0. The fraction of sp³-hybridized carbons (Fsp3) is 0.250. The molecule has 0 amide bonds. The summed E-state index contributed by atoms with van der Waals surface area (Å²) in [6.45, 7) is 2.48. The summed E-state index contributed by atoms with van der Waals surface area (Å²) in [5.74, 6) is -0.714. The molecule has 0 saturated carbocycles. The van der Waals surface area contributed by atoms with Gasteiger partial charge in [0.1, 0.15) is 11.5 Å². The molecular weight excluding hydrogens is 361 g/mol. The number of benzene rings is 2. The van der Waals surface area contributed by atoms with Gasteiger partial charge in [0.2, 0.25) is 0 Å². The van der Waals surface area contributed by atoms with Crippen molar-refractivity contribution in [2.75, 3.05) is 38.2 Å². The summed E-state index contributed by atoms with van der Waals surface area (Å²) in [4.78, 5) is 17.1. The van der Waals surface area contributed by atoms with Crippen LogP contribution in [-0.4, -0.2) is 49.3 Å². The summed E-state index contributed by atoms with van der Waals surface area (Å²) >= 11 is 0. The lowest BCUT2D eigenvalue weighted by Gasteiger charge is -2.33. The van der Waals surface area contributed by atoms with Crippen molar-refractivity contribution in [2.45, 2.75) is 0 Å². The number of aromatic nitrogens is 1. The maximum Gasteiger partial charge on any atom is 0.356 e. The second-order valence-electron chi connectivity index (χ2n) is 6.47. The van der Waals surface area contributed by atoms with Gasteiger partial charge in [0.05, 0.1) is 25.9 Å². The molecule has 1 aromatic heterocycles. The number of methoxy groups -OCH3 is 1. The molecule has 0 atom stereocenters. The van der Waals surface area contributed by atoms with Gasteiger partial charge in [-0.25, -0.2) is 9.18 Å². The Labute approximate surface area is 161 Å². The smallest absolute Gasteiger partial charge is 0.356 e. The monoisotopic (exact) mass is 381 g/mol. The first kappa shape index (κ1) is 18.0. The van der Waals surface area contributed by atoms with E-state index in [1.165, 1.54) is 13.2 Å². The second-order valence-corrected chi connectivity index (χ2v) is 6.47. The van der Waals surface area contributed by atoms with Crippen LogP contribution in [0.25, 0.3) is 10.9 Å². The van der Waals surface area contributed by atoms with E-state index in [1.807, 2.05) is 40.2 Å². The van der Waals surface area contributed by atoms with Gasteiger partial charge in [0, 0.05) is 24.0 Å². The number of anilines is 1. The number of esters is 1. The van der Waals surface area contributed by atoms with Gasteiger partial charge in [0.25, 0.3) is 0 Å². The highest BCUT2D eigenvalue weighted by Gasteiger charge is 2.21. The first-order chi connectivity index (χ1) is 13.7. The first-order valence-electron chi connectivity index (χ1n) is 9.02. The third-order valence-electron chi connectivity index (χ3n) is 4.79. The van der Waals surface area contributed by atoms with Crippen LogP contribution in [0.4, 0.5) is 15.8 Å². The van der Waals surface area contributed by atoms with Crippen LogP contribution in [0.1, 0.15) is 10.5 Å². The molecule has 144 valence electrons. The van der Waals surface area contributed by atoms with Gasteiger partial charge in [-0.2, -0.15) is 0 Å². The Morgan fingerprint density at radius 2 is 1.79 bits per heavy atom. The average Bonchev–Trinajstić information content (AvgIpc) is 3.11. The number of nitrogens with one attached hydrogen (secondary N) is 1. The van der Waals surface area contributed by atoms with Gasteiger partial charge in [-0.3, -0.25) is 5.01 Å². The SMILES string of the molecule is COC(=O)c1[nH]c2ccccc2c1N=NN1CCN(c2ccccc2F)CC1. The zero-order valence-electron chi connectivity index (χ0n) is 15.4. The number of aromatic amines is 1. The quantitative estimate of drug-likeness (QED) is 0.549. The maximum absolute atomic E-state index is 14.0. The number of carbonyl (C=O) groups is 1. The third kappa shape index (κ3) is 3.40. The fourth-order valence-electron chi connectivity index (χ4n) is 3.32. The van der Waals surface area contributed by atoms with Crippen molar-refractivity contribution < 1.29 is 13.9 Å². The molecule has 3 aromatic rings. The highest BCUT2D eigenvalue weighted by molar-refractivity contribution is 6.04. The summed E-state index contributed by atoms with van der Waals surface area (Å²) in [7, 11) is 1.33. The molecule has 0 spiro atoms. The summed E-state index contributed by atoms with van der Waals surface area (Å²) in [6.07, 6.45) is 0. The fourth-order valence-corrected chi connectivity index (χ4v) is 3.32. The lowest BCUT2D eigenvalue weighted by Crippen LogP contribution is -2.44. The first-order valence-corrected chi connectivity index (χ1v) is 9.02. The number of carbonyl (C=O) groups excluding carboxylic acids is 1.